The molecule has 3 amide bonds. The Morgan fingerprint density at radius 2 is 2.03 bits per heavy atom. The number of halogens is 5. The van der Waals surface area contributed by atoms with E-state index in [0.29, 0.717) is 16.0 Å². The monoisotopic (exact) mass is 445 g/mol. The second kappa shape index (κ2) is 8.02. The van der Waals surface area contributed by atoms with E-state index in [2.05, 4.69) is 5.32 Å². The first-order chi connectivity index (χ1) is 14.0. The van der Waals surface area contributed by atoms with Crippen molar-refractivity contribution < 1.29 is 31.9 Å². The van der Waals surface area contributed by atoms with Crippen LogP contribution in [0.4, 0.5) is 28.0 Å². The van der Waals surface area contributed by atoms with Crippen molar-refractivity contribution in [1.82, 2.24) is 5.32 Å². The Kier molecular flexibility index (Phi) is 5.80. The van der Waals surface area contributed by atoms with E-state index in [0.717, 1.165) is 12.1 Å². The van der Waals surface area contributed by atoms with Crippen LogP contribution in [0.1, 0.15) is 11.1 Å². The third-order valence-electron chi connectivity index (χ3n) is 4.43. The lowest BCUT2D eigenvalue weighted by molar-refractivity contribution is -0.133. The number of alkyl halides is 3. The molecule has 0 unspecified atom stereocenters. The van der Waals surface area contributed by atoms with E-state index in [1.165, 1.54) is 12.1 Å². The number of nitrogens with zero attached hydrogens (tertiary/aromatic N) is 1. The van der Waals surface area contributed by atoms with Crippen LogP contribution in [0.3, 0.4) is 0 Å². The zero-order valence-electron chi connectivity index (χ0n) is 15.5. The van der Waals surface area contributed by atoms with Crippen LogP contribution in [-0.2, 0) is 11.2 Å². The molecule has 0 radical (unpaired) electrons. The number of nitrogens with two attached hydrogens (primary N) is 1. The Morgan fingerprint density at radius 3 is 2.67 bits per heavy atom. The molecule has 0 spiro atoms. The molecule has 1 heterocycles. The molecule has 0 bridgehead atoms. The maximum Gasteiger partial charge on any atom is 0.406 e. The lowest BCUT2D eigenvalue weighted by atomic mass is 9.94. The minimum absolute atomic E-state index is 0.0335. The van der Waals surface area contributed by atoms with Gasteiger partial charge < -0.3 is 15.8 Å². The van der Waals surface area contributed by atoms with Gasteiger partial charge in [-0.15, -0.1) is 0 Å². The molecule has 0 aliphatic carbocycles. The van der Waals surface area contributed by atoms with Crippen molar-refractivity contribution >= 4 is 29.2 Å². The lowest BCUT2D eigenvalue weighted by Crippen LogP contribution is -2.56. The van der Waals surface area contributed by atoms with Crippen molar-refractivity contribution in [2.75, 3.05) is 11.4 Å². The van der Waals surface area contributed by atoms with Crippen LogP contribution >= 0.6 is 11.6 Å². The molecular formula is C19H16ClF4N3O3. The largest absolute Gasteiger partial charge is 0.453 e. The summed E-state index contributed by atoms with van der Waals surface area (Å²) >= 11 is 6.02. The summed E-state index contributed by atoms with van der Waals surface area (Å²) in [7, 11) is 0. The number of urea groups is 1. The van der Waals surface area contributed by atoms with Crippen LogP contribution in [0.15, 0.2) is 30.3 Å². The molecule has 160 valence electrons. The fourth-order valence-electron chi connectivity index (χ4n) is 3.19. The predicted octanol–water partition coefficient (Wildman–Crippen LogP) is 4.07. The smallest absolute Gasteiger partial charge is 0.406 e. The van der Waals surface area contributed by atoms with Gasteiger partial charge in [-0.3, -0.25) is 9.69 Å². The molecular weight excluding hydrogens is 430 g/mol. The number of ether oxygens (including phenoxy) is 1. The average molecular weight is 446 g/mol. The third-order valence-corrected chi connectivity index (χ3v) is 4.74. The maximum absolute atomic E-state index is 13.6. The highest BCUT2D eigenvalue weighted by Crippen LogP contribution is 2.44. The fraction of sp³-hybridized carbons (Fsp3) is 0.263. The molecule has 3 N–H and O–H groups in total. The molecule has 30 heavy (non-hydrogen) atoms. The fourth-order valence-corrected chi connectivity index (χ4v) is 3.35. The van der Waals surface area contributed by atoms with E-state index < -0.39 is 36.5 Å². The second-order valence-electron chi connectivity index (χ2n) is 6.70. The summed E-state index contributed by atoms with van der Waals surface area (Å²) in [4.78, 5) is 24.4. The van der Waals surface area contributed by atoms with E-state index >= 15 is 0 Å². The van der Waals surface area contributed by atoms with Crippen LogP contribution in [-0.4, -0.2) is 30.7 Å². The van der Waals surface area contributed by atoms with Gasteiger partial charge in [0.15, 0.2) is 5.75 Å². The van der Waals surface area contributed by atoms with Gasteiger partial charge in [-0.05, 0) is 30.2 Å². The number of carbonyl (C=O) groups is 2. The Hall–Kier alpha value is -3.01. The number of carbonyl (C=O) groups excluding carboxylic acids is 2. The number of primary amides is 1. The highest BCUT2D eigenvalue weighted by molar-refractivity contribution is 6.32. The maximum atomic E-state index is 13.6. The Labute approximate surface area is 173 Å². The summed E-state index contributed by atoms with van der Waals surface area (Å²) in [6, 6.07) is 4.10. The SMILES string of the molecule is Cc1ccc2c(c1Oc1cc(F)ccc1Cl)N(CC(F)(F)F)C(=O)[C@H](NC(N)=O)C2. The molecule has 0 saturated carbocycles. The molecule has 1 aliphatic rings. The van der Waals surface area contributed by atoms with E-state index in [4.69, 9.17) is 22.1 Å². The number of amides is 3. The molecule has 0 fully saturated rings. The number of aryl methyl sites for hydroxylation is 1. The van der Waals surface area contributed by atoms with Crippen LogP contribution in [0, 0.1) is 12.7 Å². The van der Waals surface area contributed by atoms with Gasteiger partial charge in [0.05, 0.1) is 10.7 Å². The standard InChI is InChI=1S/C19H16ClF4N3O3/c1-9-2-3-10-6-13(26-18(25)29)17(28)27(8-19(22,23)24)15(10)16(9)30-14-7-11(21)4-5-12(14)20/h2-5,7,13H,6,8H2,1H3,(H3,25,26,29)/t13-/m1/s1. The lowest BCUT2D eigenvalue weighted by Gasteiger charge is -2.36. The molecule has 11 heteroatoms. The highest BCUT2D eigenvalue weighted by atomic mass is 35.5. The summed E-state index contributed by atoms with van der Waals surface area (Å²) < 4.78 is 59.1. The molecule has 6 nitrogen and oxygen atoms in total. The zero-order valence-corrected chi connectivity index (χ0v) is 16.3. The first-order valence-corrected chi connectivity index (χ1v) is 9.03. The molecule has 1 atom stereocenters. The van der Waals surface area contributed by atoms with Gasteiger partial charge in [-0.1, -0.05) is 23.7 Å². The summed E-state index contributed by atoms with van der Waals surface area (Å²) in [6.45, 7) is -0.0563. The average Bonchev–Trinajstić information content (AvgIpc) is 2.62. The zero-order chi connectivity index (χ0) is 22.2. The van der Waals surface area contributed by atoms with Crippen molar-refractivity contribution in [3.05, 3.63) is 52.3 Å². The summed E-state index contributed by atoms with van der Waals surface area (Å²) in [5.41, 5.74) is 5.63. The van der Waals surface area contributed by atoms with E-state index in [9.17, 15) is 27.2 Å². The number of benzene rings is 2. The van der Waals surface area contributed by atoms with Gasteiger partial charge in [0, 0.05) is 12.5 Å². The number of anilines is 1. The number of nitrogens with one attached hydrogen (secondary N) is 1. The van der Waals surface area contributed by atoms with Gasteiger partial charge in [-0.25, -0.2) is 9.18 Å². The van der Waals surface area contributed by atoms with Crippen molar-refractivity contribution in [3.8, 4) is 11.5 Å². The van der Waals surface area contributed by atoms with Crippen LogP contribution in [0.2, 0.25) is 5.02 Å². The molecule has 2 aromatic rings. The van der Waals surface area contributed by atoms with E-state index in [1.807, 2.05) is 0 Å². The van der Waals surface area contributed by atoms with Crippen LogP contribution < -0.4 is 20.7 Å². The molecule has 0 aromatic heterocycles. The van der Waals surface area contributed by atoms with Crippen molar-refractivity contribution in [2.24, 2.45) is 5.73 Å². The van der Waals surface area contributed by atoms with Gasteiger partial charge in [-0.2, -0.15) is 13.2 Å². The van der Waals surface area contributed by atoms with Gasteiger partial charge in [0.2, 0.25) is 5.91 Å². The Bertz CT molecular complexity index is 1010. The van der Waals surface area contributed by atoms with Gasteiger partial charge in [0.1, 0.15) is 24.2 Å². The van der Waals surface area contributed by atoms with Crippen molar-refractivity contribution in [1.29, 1.82) is 0 Å². The van der Waals surface area contributed by atoms with E-state index in [-0.39, 0.29) is 28.6 Å². The van der Waals surface area contributed by atoms with Gasteiger partial charge >= 0.3 is 12.2 Å². The number of rotatable bonds is 4. The van der Waals surface area contributed by atoms with Crippen LogP contribution in [0.5, 0.6) is 11.5 Å². The Balaban J connectivity index is 2.14. The second-order valence-corrected chi connectivity index (χ2v) is 7.11. The minimum atomic E-state index is -4.74. The van der Waals surface area contributed by atoms with Crippen molar-refractivity contribution in [2.45, 2.75) is 25.6 Å². The topological polar surface area (TPSA) is 84.7 Å². The van der Waals surface area contributed by atoms with Crippen LogP contribution in [0.25, 0.3) is 0 Å². The third kappa shape index (κ3) is 4.59. The molecule has 1 aliphatic heterocycles. The predicted molar refractivity (Wildman–Crippen MR) is 101 cm³/mol. The number of hydrogen-bond donors (Lipinski definition) is 2. The minimum Gasteiger partial charge on any atom is -0.453 e. The number of hydrogen-bond acceptors (Lipinski definition) is 3. The summed E-state index contributed by atoms with van der Waals surface area (Å²) in [6.07, 6.45) is -4.84. The van der Waals surface area contributed by atoms with Crippen molar-refractivity contribution in [3.63, 3.8) is 0 Å². The summed E-state index contributed by atoms with van der Waals surface area (Å²) in [5.74, 6) is -1.86. The molecule has 2 aromatic carbocycles. The van der Waals surface area contributed by atoms with Gasteiger partial charge in [0.25, 0.3) is 0 Å². The molecule has 0 saturated heterocycles. The highest BCUT2D eigenvalue weighted by Gasteiger charge is 2.42. The quantitative estimate of drug-likeness (QED) is 0.696. The molecule has 3 rings (SSSR count). The first kappa shape index (κ1) is 21.7. The summed E-state index contributed by atoms with van der Waals surface area (Å²) in [5, 5.41) is 2.19. The first-order valence-electron chi connectivity index (χ1n) is 8.65. The normalized spacial score (nSPS) is 16.3. The number of fused-ring (bicyclic) bond motifs is 1. The van der Waals surface area contributed by atoms with E-state index in [1.54, 1.807) is 13.0 Å². The Morgan fingerprint density at radius 1 is 1.33 bits per heavy atom.